The molecule has 5 rings (SSSR count). The summed E-state index contributed by atoms with van der Waals surface area (Å²) in [7, 11) is 1.44. The van der Waals surface area contributed by atoms with Crippen molar-refractivity contribution in [3.05, 3.63) is 34.5 Å². The monoisotopic (exact) mass is 426 g/mol. The smallest absolute Gasteiger partial charge is 0.409 e. The van der Waals surface area contributed by atoms with Crippen LogP contribution < -0.4 is 9.64 Å². The third kappa shape index (κ3) is 3.52. The SMILES string of the molecule is COC(=O)N1CCc2c(c(N3CCOc4cc(C)c(C)cc43)nn2C2CCOCC2)C1. The number of aryl methyl sites for hydroxylation is 2. The summed E-state index contributed by atoms with van der Waals surface area (Å²) in [6.45, 7) is 8.25. The Morgan fingerprint density at radius 2 is 1.90 bits per heavy atom. The lowest BCUT2D eigenvalue weighted by Gasteiger charge is -2.32. The number of benzene rings is 1. The van der Waals surface area contributed by atoms with Gasteiger partial charge in [-0.15, -0.1) is 0 Å². The molecule has 1 amide bonds. The number of ether oxygens (including phenoxy) is 3. The fourth-order valence-corrected chi connectivity index (χ4v) is 4.85. The molecule has 0 atom stereocenters. The van der Waals surface area contributed by atoms with Gasteiger partial charge in [-0.2, -0.15) is 5.10 Å². The van der Waals surface area contributed by atoms with Crippen molar-refractivity contribution < 1.29 is 19.0 Å². The number of methoxy groups -OCH3 is 1. The third-order valence-electron chi connectivity index (χ3n) is 6.73. The zero-order valence-corrected chi connectivity index (χ0v) is 18.5. The second-order valence-corrected chi connectivity index (χ2v) is 8.58. The van der Waals surface area contributed by atoms with Crippen LogP contribution >= 0.6 is 0 Å². The van der Waals surface area contributed by atoms with Crippen molar-refractivity contribution in [1.82, 2.24) is 14.7 Å². The van der Waals surface area contributed by atoms with E-state index in [2.05, 4.69) is 35.6 Å². The molecule has 1 aromatic heterocycles. The molecule has 0 saturated carbocycles. The second kappa shape index (κ2) is 8.07. The zero-order valence-electron chi connectivity index (χ0n) is 18.5. The maximum atomic E-state index is 12.3. The van der Waals surface area contributed by atoms with Crippen LogP contribution in [0.15, 0.2) is 12.1 Å². The summed E-state index contributed by atoms with van der Waals surface area (Å²) < 4.78 is 18.8. The molecule has 0 spiro atoms. The Bertz CT molecular complexity index is 996. The van der Waals surface area contributed by atoms with Crippen molar-refractivity contribution in [3.8, 4) is 5.75 Å². The highest BCUT2D eigenvalue weighted by molar-refractivity contribution is 5.74. The van der Waals surface area contributed by atoms with Crippen LogP contribution in [0.5, 0.6) is 5.75 Å². The summed E-state index contributed by atoms with van der Waals surface area (Å²) in [6, 6.07) is 4.63. The molecule has 1 aromatic carbocycles. The minimum Gasteiger partial charge on any atom is -0.490 e. The molecule has 1 fully saturated rings. The molecule has 0 bridgehead atoms. The van der Waals surface area contributed by atoms with Crippen LogP contribution in [0.25, 0.3) is 0 Å². The number of carbonyl (C=O) groups is 1. The summed E-state index contributed by atoms with van der Waals surface area (Å²) in [5, 5.41) is 5.16. The predicted molar refractivity (Wildman–Crippen MR) is 116 cm³/mol. The highest BCUT2D eigenvalue weighted by atomic mass is 16.5. The first kappa shape index (κ1) is 20.2. The van der Waals surface area contributed by atoms with Crippen molar-refractivity contribution in [1.29, 1.82) is 0 Å². The average Bonchev–Trinajstić information content (AvgIpc) is 3.18. The van der Waals surface area contributed by atoms with Gasteiger partial charge in [0.25, 0.3) is 0 Å². The van der Waals surface area contributed by atoms with E-state index in [1.807, 2.05) is 0 Å². The Hall–Kier alpha value is -2.74. The molecule has 3 aliphatic heterocycles. The van der Waals surface area contributed by atoms with Crippen LogP contribution in [0.2, 0.25) is 0 Å². The van der Waals surface area contributed by atoms with Crippen molar-refractivity contribution in [2.75, 3.05) is 44.9 Å². The van der Waals surface area contributed by atoms with Crippen LogP contribution in [0.3, 0.4) is 0 Å². The summed E-state index contributed by atoms with van der Waals surface area (Å²) in [4.78, 5) is 16.3. The van der Waals surface area contributed by atoms with E-state index in [9.17, 15) is 4.79 Å². The molecule has 3 aliphatic rings. The van der Waals surface area contributed by atoms with Gasteiger partial charge in [0.15, 0.2) is 5.82 Å². The molecule has 31 heavy (non-hydrogen) atoms. The fraction of sp³-hybridized carbons (Fsp3) is 0.565. The van der Waals surface area contributed by atoms with Crippen LogP contribution in [0, 0.1) is 13.8 Å². The summed E-state index contributed by atoms with van der Waals surface area (Å²) in [6.07, 6.45) is 2.42. The molecule has 8 nitrogen and oxygen atoms in total. The molecule has 2 aromatic rings. The van der Waals surface area contributed by atoms with Crippen LogP contribution in [-0.2, 0) is 22.4 Å². The van der Waals surface area contributed by atoms with Gasteiger partial charge in [0.1, 0.15) is 12.4 Å². The molecular weight excluding hydrogens is 396 g/mol. The van der Waals surface area contributed by atoms with E-state index in [0.717, 1.165) is 61.8 Å². The zero-order chi connectivity index (χ0) is 21.5. The Morgan fingerprint density at radius 1 is 1.13 bits per heavy atom. The molecular formula is C23H30N4O4. The number of aromatic nitrogens is 2. The molecule has 0 N–H and O–H groups in total. The number of nitrogens with zero attached hydrogens (tertiary/aromatic N) is 4. The first-order valence-corrected chi connectivity index (χ1v) is 11.1. The molecule has 4 heterocycles. The van der Waals surface area contributed by atoms with Gasteiger partial charge in [0.05, 0.1) is 31.9 Å². The van der Waals surface area contributed by atoms with E-state index in [1.54, 1.807) is 4.90 Å². The molecule has 0 unspecified atom stereocenters. The topological polar surface area (TPSA) is 69.1 Å². The quantitative estimate of drug-likeness (QED) is 0.732. The van der Waals surface area contributed by atoms with Gasteiger partial charge in [-0.1, -0.05) is 0 Å². The van der Waals surface area contributed by atoms with E-state index in [4.69, 9.17) is 19.3 Å². The Balaban J connectivity index is 1.60. The molecule has 8 heteroatoms. The van der Waals surface area contributed by atoms with Crippen LogP contribution in [0.4, 0.5) is 16.3 Å². The lowest BCUT2D eigenvalue weighted by atomic mass is 10.0. The highest BCUT2D eigenvalue weighted by Crippen LogP contribution is 2.42. The standard InChI is InChI=1S/C23H30N4O4/c1-15-12-20-21(13-16(15)2)31-11-8-26(20)22-18-14-25(23(28)29-3)7-4-19(18)27(24-22)17-5-9-30-10-6-17/h12-13,17H,4-11,14H2,1-3H3. The van der Waals surface area contributed by atoms with Gasteiger partial charge in [-0.25, -0.2) is 4.79 Å². The highest BCUT2D eigenvalue weighted by Gasteiger charge is 2.34. The number of amides is 1. The lowest BCUT2D eigenvalue weighted by molar-refractivity contribution is 0.0649. The average molecular weight is 427 g/mol. The maximum absolute atomic E-state index is 12.3. The van der Waals surface area contributed by atoms with E-state index in [1.165, 1.54) is 23.9 Å². The van der Waals surface area contributed by atoms with Gasteiger partial charge >= 0.3 is 6.09 Å². The number of fused-ring (bicyclic) bond motifs is 2. The van der Waals surface area contributed by atoms with Crippen molar-refractivity contribution in [2.45, 2.75) is 45.7 Å². The summed E-state index contributed by atoms with van der Waals surface area (Å²) in [5.74, 6) is 1.83. The first-order valence-electron chi connectivity index (χ1n) is 11.1. The predicted octanol–water partition coefficient (Wildman–Crippen LogP) is 3.51. The van der Waals surface area contributed by atoms with E-state index in [-0.39, 0.29) is 6.09 Å². The Morgan fingerprint density at radius 3 is 2.68 bits per heavy atom. The minimum absolute atomic E-state index is 0.288. The van der Waals surface area contributed by atoms with Gasteiger partial charge < -0.3 is 24.0 Å². The van der Waals surface area contributed by atoms with E-state index in [0.29, 0.717) is 25.7 Å². The van der Waals surface area contributed by atoms with E-state index >= 15 is 0 Å². The van der Waals surface area contributed by atoms with Crippen molar-refractivity contribution in [2.24, 2.45) is 0 Å². The number of rotatable bonds is 2. The molecule has 0 radical (unpaired) electrons. The van der Waals surface area contributed by atoms with Crippen molar-refractivity contribution in [3.63, 3.8) is 0 Å². The van der Waals surface area contributed by atoms with Gasteiger partial charge in [0.2, 0.25) is 0 Å². The van der Waals surface area contributed by atoms with Gasteiger partial charge in [0, 0.05) is 37.4 Å². The molecule has 1 saturated heterocycles. The van der Waals surface area contributed by atoms with Crippen molar-refractivity contribution >= 4 is 17.6 Å². The Kier molecular flexibility index (Phi) is 5.25. The number of anilines is 2. The number of hydrogen-bond donors (Lipinski definition) is 0. The first-order chi connectivity index (χ1) is 15.1. The molecule has 0 aliphatic carbocycles. The van der Waals surface area contributed by atoms with Gasteiger partial charge in [-0.3, -0.25) is 4.68 Å². The number of carbonyl (C=O) groups excluding carboxylic acids is 1. The van der Waals surface area contributed by atoms with Crippen LogP contribution in [0.1, 0.15) is 41.3 Å². The second-order valence-electron chi connectivity index (χ2n) is 8.58. The largest absolute Gasteiger partial charge is 0.490 e. The lowest BCUT2D eigenvalue weighted by Crippen LogP contribution is -2.37. The maximum Gasteiger partial charge on any atom is 0.409 e. The normalized spacial score (nSPS) is 18.9. The summed E-state index contributed by atoms with van der Waals surface area (Å²) in [5.41, 5.74) is 5.84. The minimum atomic E-state index is -0.288. The van der Waals surface area contributed by atoms with Gasteiger partial charge in [-0.05, 0) is 49.9 Å². The third-order valence-corrected chi connectivity index (χ3v) is 6.73. The number of hydrogen-bond acceptors (Lipinski definition) is 6. The van der Waals surface area contributed by atoms with Crippen LogP contribution in [-0.4, -0.2) is 60.8 Å². The summed E-state index contributed by atoms with van der Waals surface area (Å²) >= 11 is 0. The van der Waals surface area contributed by atoms with E-state index < -0.39 is 0 Å². The Labute approximate surface area is 182 Å². The fourth-order valence-electron chi connectivity index (χ4n) is 4.85. The molecule has 166 valence electrons.